The van der Waals surface area contributed by atoms with E-state index >= 15 is 0 Å². The van der Waals surface area contributed by atoms with Crippen molar-refractivity contribution in [3.8, 4) is 0 Å². The molecule has 0 aromatic carbocycles. The first-order valence-electron chi connectivity index (χ1n) is 5.92. The highest BCUT2D eigenvalue weighted by atomic mass is 16.1. The predicted octanol–water partition coefficient (Wildman–Crippen LogP) is 1.66. The Bertz CT molecular complexity index is 596. The highest BCUT2D eigenvalue weighted by Gasteiger charge is 2.28. The second-order valence-electron chi connectivity index (χ2n) is 4.63. The van der Waals surface area contributed by atoms with Crippen LogP contribution in [0.2, 0.25) is 0 Å². The molecule has 0 atom stereocenters. The number of rotatable bonds is 3. The molecule has 0 bridgehead atoms. The van der Waals surface area contributed by atoms with Crippen LogP contribution < -0.4 is 5.73 Å². The van der Waals surface area contributed by atoms with E-state index in [1.54, 1.807) is 0 Å². The number of pyridine rings is 1. The first-order valence-corrected chi connectivity index (χ1v) is 5.92. The summed E-state index contributed by atoms with van der Waals surface area (Å²) in [6, 6.07) is 3.78. The predicted molar refractivity (Wildman–Crippen MR) is 65.3 cm³/mol. The third kappa shape index (κ3) is 1.65. The fraction of sp³-hybridized carbons (Fsp3) is 0.385. The number of carbonyl (C=O) groups is 1. The summed E-state index contributed by atoms with van der Waals surface area (Å²) in [6.45, 7) is 2.06. The fourth-order valence-corrected chi connectivity index (χ4v) is 2.18. The zero-order valence-electron chi connectivity index (χ0n) is 9.81. The van der Waals surface area contributed by atoms with Crippen LogP contribution in [-0.4, -0.2) is 21.7 Å². The highest BCUT2D eigenvalue weighted by Crippen LogP contribution is 2.39. The van der Waals surface area contributed by atoms with E-state index in [0.717, 1.165) is 17.0 Å². The van der Waals surface area contributed by atoms with Gasteiger partial charge >= 0.3 is 0 Å². The van der Waals surface area contributed by atoms with Crippen LogP contribution in [0.3, 0.4) is 0 Å². The van der Waals surface area contributed by atoms with E-state index in [1.807, 2.05) is 25.3 Å². The zero-order chi connectivity index (χ0) is 12.0. The summed E-state index contributed by atoms with van der Waals surface area (Å²) >= 11 is 0. The molecule has 1 aliphatic carbocycles. The molecule has 88 valence electrons. The van der Waals surface area contributed by atoms with Crippen LogP contribution in [0, 0.1) is 6.92 Å². The number of carbonyl (C=O) groups excluding carboxylic acids is 1. The van der Waals surface area contributed by atoms with E-state index in [2.05, 4.69) is 9.38 Å². The van der Waals surface area contributed by atoms with Gasteiger partial charge in [0, 0.05) is 17.7 Å². The molecule has 2 N–H and O–H groups in total. The Balaban J connectivity index is 2.19. The molecule has 0 spiro atoms. The van der Waals surface area contributed by atoms with Gasteiger partial charge in [0.1, 0.15) is 5.82 Å². The van der Waals surface area contributed by atoms with Crippen molar-refractivity contribution < 1.29 is 4.79 Å². The molecule has 0 radical (unpaired) electrons. The van der Waals surface area contributed by atoms with Gasteiger partial charge in [-0.3, -0.25) is 4.79 Å². The van der Waals surface area contributed by atoms with Gasteiger partial charge in [-0.2, -0.15) is 0 Å². The number of aromatic nitrogens is 2. The van der Waals surface area contributed by atoms with Crippen molar-refractivity contribution in [3.05, 3.63) is 35.4 Å². The minimum atomic E-state index is -0.0278. The van der Waals surface area contributed by atoms with Gasteiger partial charge in [0.25, 0.3) is 0 Å². The number of nitrogens with zero attached hydrogens (tertiary/aromatic N) is 2. The average Bonchev–Trinajstić information content (AvgIpc) is 3.14. The lowest BCUT2D eigenvalue weighted by atomic mass is 10.2. The molecule has 2 heterocycles. The maximum Gasteiger partial charge on any atom is 0.177 e. The van der Waals surface area contributed by atoms with Crippen LogP contribution >= 0.6 is 0 Å². The Morgan fingerprint density at radius 1 is 1.53 bits per heavy atom. The van der Waals surface area contributed by atoms with Crippen molar-refractivity contribution in [2.24, 2.45) is 5.73 Å². The number of hydrogen-bond donors (Lipinski definition) is 1. The van der Waals surface area contributed by atoms with E-state index in [-0.39, 0.29) is 12.3 Å². The Kier molecular flexibility index (Phi) is 2.26. The molecule has 17 heavy (non-hydrogen) atoms. The van der Waals surface area contributed by atoms with Gasteiger partial charge in [-0.15, -0.1) is 0 Å². The van der Waals surface area contributed by atoms with Crippen LogP contribution in [0.1, 0.15) is 40.6 Å². The van der Waals surface area contributed by atoms with E-state index < -0.39 is 0 Å². The molecule has 1 fully saturated rings. The van der Waals surface area contributed by atoms with Crippen LogP contribution in [-0.2, 0) is 0 Å². The molecule has 0 amide bonds. The lowest BCUT2D eigenvalue weighted by Gasteiger charge is -2.02. The van der Waals surface area contributed by atoms with E-state index in [4.69, 9.17) is 5.73 Å². The van der Waals surface area contributed by atoms with Gasteiger partial charge in [0.2, 0.25) is 0 Å². The maximum atomic E-state index is 11.6. The second-order valence-corrected chi connectivity index (χ2v) is 4.63. The van der Waals surface area contributed by atoms with Crippen LogP contribution in [0.5, 0.6) is 0 Å². The molecule has 0 unspecified atom stereocenters. The summed E-state index contributed by atoms with van der Waals surface area (Å²) < 4.78 is 2.05. The topological polar surface area (TPSA) is 60.4 Å². The lowest BCUT2D eigenvalue weighted by molar-refractivity contribution is 0.100. The van der Waals surface area contributed by atoms with Crippen molar-refractivity contribution >= 4 is 11.3 Å². The van der Waals surface area contributed by atoms with E-state index in [9.17, 15) is 4.79 Å². The quantitative estimate of drug-likeness (QED) is 0.814. The molecule has 4 heteroatoms. The SMILES string of the molecule is Cc1nc(C2CC2)n2cc(C(=O)CN)ccc12. The van der Waals surface area contributed by atoms with Gasteiger partial charge in [0.15, 0.2) is 5.78 Å². The molecular formula is C13H15N3O. The number of fused-ring (bicyclic) bond motifs is 1. The van der Waals surface area contributed by atoms with Crippen LogP contribution in [0.25, 0.3) is 5.52 Å². The number of hydrogen-bond acceptors (Lipinski definition) is 3. The summed E-state index contributed by atoms with van der Waals surface area (Å²) in [5.74, 6) is 1.63. The standard InChI is InChI=1S/C13H15N3O/c1-8-11-5-4-10(12(17)6-14)7-16(11)13(15-8)9-2-3-9/h4-5,7,9H,2-3,6,14H2,1H3. The molecular weight excluding hydrogens is 214 g/mol. The molecule has 1 saturated carbocycles. The molecule has 2 aromatic rings. The summed E-state index contributed by atoms with van der Waals surface area (Å²) in [5, 5.41) is 0. The van der Waals surface area contributed by atoms with Crippen molar-refractivity contribution in [2.75, 3.05) is 6.54 Å². The molecule has 1 aliphatic rings. The maximum absolute atomic E-state index is 11.6. The number of imidazole rings is 1. The minimum absolute atomic E-state index is 0.0278. The highest BCUT2D eigenvalue weighted by molar-refractivity contribution is 5.97. The Hall–Kier alpha value is -1.68. The van der Waals surface area contributed by atoms with Crippen molar-refractivity contribution in [1.29, 1.82) is 0 Å². The largest absolute Gasteiger partial charge is 0.324 e. The van der Waals surface area contributed by atoms with Crippen molar-refractivity contribution in [3.63, 3.8) is 0 Å². The number of nitrogens with two attached hydrogens (primary N) is 1. The third-order valence-corrected chi connectivity index (χ3v) is 3.30. The summed E-state index contributed by atoms with van der Waals surface area (Å²) in [5.41, 5.74) is 8.17. The Morgan fingerprint density at radius 3 is 2.94 bits per heavy atom. The first kappa shape index (κ1) is 10.5. The number of ketones is 1. The molecule has 0 saturated heterocycles. The van der Waals surface area contributed by atoms with Gasteiger partial charge in [0.05, 0.1) is 17.8 Å². The van der Waals surface area contributed by atoms with Crippen LogP contribution in [0.15, 0.2) is 18.3 Å². The molecule has 3 rings (SSSR count). The monoisotopic (exact) mass is 229 g/mol. The number of Topliss-reactive ketones (excluding diaryl/α,β-unsaturated/α-hetero) is 1. The zero-order valence-corrected chi connectivity index (χ0v) is 9.81. The minimum Gasteiger partial charge on any atom is -0.324 e. The second kappa shape index (κ2) is 3.67. The summed E-state index contributed by atoms with van der Waals surface area (Å²) in [6.07, 6.45) is 4.28. The van der Waals surface area contributed by atoms with Crippen molar-refractivity contribution in [2.45, 2.75) is 25.7 Å². The van der Waals surface area contributed by atoms with Gasteiger partial charge in [-0.25, -0.2) is 4.98 Å². The summed E-state index contributed by atoms with van der Waals surface area (Å²) in [4.78, 5) is 16.2. The Morgan fingerprint density at radius 2 is 2.29 bits per heavy atom. The smallest absolute Gasteiger partial charge is 0.177 e. The molecule has 4 nitrogen and oxygen atoms in total. The number of aryl methyl sites for hydroxylation is 1. The van der Waals surface area contributed by atoms with Crippen molar-refractivity contribution in [1.82, 2.24) is 9.38 Å². The lowest BCUT2D eigenvalue weighted by Crippen LogP contribution is -2.14. The normalized spacial score (nSPS) is 15.4. The first-order chi connectivity index (χ1) is 8.20. The van der Waals surface area contributed by atoms with E-state index in [0.29, 0.717) is 11.5 Å². The summed E-state index contributed by atoms with van der Waals surface area (Å²) in [7, 11) is 0. The van der Waals surface area contributed by atoms with Gasteiger partial charge in [-0.1, -0.05) is 0 Å². The molecule has 2 aromatic heterocycles. The van der Waals surface area contributed by atoms with Gasteiger partial charge < -0.3 is 10.1 Å². The third-order valence-electron chi connectivity index (χ3n) is 3.30. The van der Waals surface area contributed by atoms with E-state index in [1.165, 1.54) is 12.8 Å². The average molecular weight is 229 g/mol. The molecule has 0 aliphatic heterocycles. The van der Waals surface area contributed by atoms with Crippen LogP contribution in [0.4, 0.5) is 0 Å². The Labute approximate surface area is 99.5 Å². The van der Waals surface area contributed by atoms with Gasteiger partial charge in [-0.05, 0) is 31.9 Å². The fourth-order valence-electron chi connectivity index (χ4n) is 2.18.